The molecule has 5 nitrogen and oxygen atoms in total. The lowest BCUT2D eigenvalue weighted by Crippen LogP contribution is -2.11. The number of Topliss-reactive ketones (excluding diaryl/α,β-unsaturated/α-hetero) is 1. The zero-order chi connectivity index (χ0) is 23.8. The minimum atomic E-state index is -0.407. The molecule has 0 aliphatic carbocycles. The molecule has 3 aromatic rings. The fourth-order valence-electron chi connectivity index (χ4n) is 3.63. The van der Waals surface area contributed by atoms with Crippen molar-refractivity contribution in [3.8, 4) is 5.75 Å². The van der Waals surface area contributed by atoms with Gasteiger partial charge < -0.3 is 9.30 Å². The average molecular weight is 470 g/mol. The zero-order valence-electron chi connectivity index (χ0n) is 19.9. The number of aromatic nitrogens is 3. The Morgan fingerprint density at radius 1 is 1.03 bits per heavy atom. The maximum Gasteiger partial charge on any atom is 0.191 e. The predicted octanol–water partition coefficient (Wildman–Crippen LogP) is 6.48. The van der Waals surface area contributed by atoms with Gasteiger partial charge in [-0.15, -0.1) is 10.2 Å². The number of carbonyl (C=O) groups is 1. The smallest absolute Gasteiger partial charge is 0.191 e. The van der Waals surface area contributed by atoms with E-state index < -0.39 is 5.82 Å². The van der Waals surface area contributed by atoms with Crippen molar-refractivity contribution in [1.29, 1.82) is 0 Å². The summed E-state index contributed by atoms with van der Waals surface area (Å²) < 4.78 is 21.6. The van der Waals surface area contributed by atoms with Crippen LogP contribution in [0.4, 0.5) is 4.39 Å². The Balaban J connectivity index is 1.72. The number of unbranched alkanes of at least 4 members (excludes halogenated alkanes) is 3. The van der Waals surface area contributed by atoms with Gasteiger partial charge in [-0.3, -0.25) is 4.79 Å². The Morgan fingerprint density at radius 2 is 1.79 bits per heavy atom. The highest BCUT2D eigenvalue weighted by Crippen LogP contribution is 2.23. The van der Waals surface area contributed by atoms with Gasteiger partial charge >= 0.3 is 0 Å². The molecule has 0 amide bonds. The minimum absolute atomic E-state index is 0.0743. The summed E-state index contributed by atoms with van der Waals surface area (Å²) in [4.78, 5) is 12.9. The molecule has 0 atom stereocenters. The lowest BCUT2D eigenvalue weighted by molar-refractivity contribution is 0.102. The Hall–Kier alpha value is -2.67. The lowest BCUT2D eigenvalue weighted by atomic mass is 9.99. The third-order valence-corrected chi connectivity index (χ3v) is 6.66. The Morgan fingerprint density at radius 3 is 2.55 bits per heavy atom. The Bertz CT molecular complexity index is 1100. The number of hydrogen-bond acceptors (Lipinski definition) is 5. The van der Waals surface area contributed by atoms with E-state index in [1.165, 1.54) is 23.4 Å². The zero-order valence-corrected chi connectivity index (χ0v) is 20.7. The largest absolute Gasteiger partial charge is 0.483 e. The molecule has 0 unspecified atom stereocenters. The minimum Gasteiger partial charge on any atom is -0.483 e. The van der Waals surface area contributed by atoms with Crippen LogP contribution in [-0.2, 0) is 13.2 Å². The maximum absolute atomic E-state index is 13.9. The van der Waals surface area contributed by atoms with Crippen molar-refractivity contribution in [3.63, 3.8) is 0 Å². The highest BCUT2D eigenvalue weighted by molar-refractivity contribution is 7.99. The molecule has 176 valence electrons. The van der Waals surface area contributed by atoms with E-state index in [2.05, 4.69) is 30.1 Å². The molecular weight excluding hydrogens is 437 g/mol. The van der Waals surface area contributed by atoms with Crippen molar-refractivity contribution in [1.82, 2.24) is 14.8 Å². The number of benzene rings is 2. The van der Waals surface area contributed by atoms with Crippen LogP contribution in [0.3, 0.4) is 0 Å². The molecule has 3 rings (SSSR count). The number of ether oxygens (including phenoxy) is 1. The molecule has 0 saturated carbocycles. The Kier molecular flexibility index (Phi) is 9.06. The van der Waals surface area contributed by atoms with Gasteiger partial charge in [0.15, 0.2) is 28.3 Å². The lowest BCUT2D eigenvalue weighted by Gasteiger charge is -2.12. The summed E-state index contributed by atoms with van der Waals surface area (Å²) in [7, 11) is 0. The number of rotatable bonds is 12. The van der Waals surface area contributed by atoms with Crippen LogP contribution in [0.2, 0.25) is 0 Å². The van der Waals surface area contributed by atoms with Crippen molar-refractivity contribution >= 4 is 17.5 Å². The predicted molar refractivity (Wildman–Crippen MR) is 131 cm³/mol. The monoisotopic (exact) mass is 469 g/mol. The molecule has 0 saturated heterocycles. The first kappa shape index (κ1) is 25.0. The number of ketones is 1. The van der Waals surface area contributed by atoms with Crippen LogP contribution in [0.15, 0.2) is 41.6 Å². The summed E-state index contributed by atoms with van der Waals surface area (Å²) in [5.74, 6) is 0.769. The van der Waals surface area contributed by atoms with Crippen LogP contribution < -0.4 is 4.74 Å². The molecular formula is C26H32FN3O2S. The molecule has 0 bridgehead atoms. The number of hydrogen-bond donors (Lipinski definition) is 0. The maximum atomic E-state index is 13.9. The van der Waals surface area contributed by atoms with E-state index in [0.29, 0.717) is 11.0 Å². The molecule has 0 aliphatic rings. The molecule has 0 fully saturated rings. The normalized spacial score (nSPS) is 11.1. The summed E-state index contributed by atoms with van der Waals surface area (Å²) >= 11 is 1.39. The molecule has 33 heavy (non-hydrogen) atoms. The van der Waals surface area contributed by atoms with E-state index in [-0.39, 0.29) is 23.9 Å². The van der Waals surface area contributed by atoms with Crippen molar-refractivity contribution in [2.75, 3.05) is 5.75 Å². The third-order valence-electron chi connectivity index (χ3n) is 5.70. The van der Waals surface area contributed by atoms with Crippen LogP contribution in [0, 0.1) is 26.6 Å². The highest BCUT2D eigenvalue weighted by Gasteiger charge is 2.17. The van der Waals surface area contributed by atoms with E-state index in [0.717, 1.165) is 48.9 Å². The Labute approximate surface area is 199 Å². The quantitative estimate of drug-likeness (QED) is 0.173. The topological polar surface area (TPSA) is 57.0 Å². The van der Waals surface area contributed by atoms with Crippen LogP contribution >= 0.6 is 11.8 Å². The molecule has 0 spiro atoms. The van der Waals surface area contributed by atoms with Gasteiger partial charge in [0.1, 0.15) is 6.61 Å². The first-order valence-electron chi connectivity index (χ1n) is 11.4. The molecule has 0 aliphatic heterocycles. The third kappa shape index (κ3) is 6.67. The van der Waals surface area contributed by atoms with E-state index in [4.69, 9.17) is 4.74 Å². The molecule has 7 heteroatoms. The van der Waals surface area contributed by atoms with Gasteiger partial charge in [-0.1, -0.05) is 56.1 Å². The van der Waals surface area contributed by atoms with Crippen LogP contribution in [0.25, 0.3) is 0 Å². The highest BCUT2D eigenvalue weighted by atomic mass is 32.2. The number of aryl methyl sites for hydroxylation is 3. The molecule has 1 aromatic heterocycles. The second-order valence-electron chi connectivity index (χ2n) is 8.29. The van der Waals surface area contributed by atoms with E-state index in [1.807, 2.05) is 24.5 Å². The summed E-state index contributed by atoms with van der Waals surface area (Å²) in [6, 6.07) is 10.3. The number of nitrogens with zero attached hydrogens (tertiary/aromatic N) is 3. The van der Waals surface area contributed by atoms with Gasteiger partial charge in [-0.05, 0) is 62.1 Å². The van der Waals surface area contributed by atoms with Crippen LogP contribution in [0.1, 0.15) is 65.5 Å². The van der Waals surface area contributed by atoms with Gasteiger partial charge in [0, 0.05) is 12.1 Å². The second kappa shape index (κ2) is 12.0. The van der Waals surface area contributed by atoms with Crippen molar-refractivity contribution in [2.45, 2.75) is 71.7 Å². The molecule has 0 radical (unpaired) electrons. The summed E-state index contributed by atoms with van der Waals surface area (Å²) in [5, 5.41) is 9.29. The van der Waals surface area contributed by atoms with E-state index >= 15 is 0 Å². The first-order chi connectivity index (χ1) is 15.9. The fraction of sp³-hybridized carbons (Fsp3) is 0.423. The number of halogens is 1. The summed E-state index contributed by atoms with van der Waals surface area (Å²) in [6.45, 7) is 9.08. The van der Waals surface area contributed by atoms with Gasteiger partial charge in [-0.2, -0.15) is 0 Å². The summed E-state index contributed by atoms with van der Waals surface area (Å²) in [6.07, 6.45) is 4.40. The molecule has 2 aromatic carbocycles. The fourth-order valence-corrected chi connectivity index (χ4v) is 4.49. The van der Waals surface area contributed by atoms with Gasteiger partial charge in [0.25, 0.3) is 0 Å². The van der Waals surface area contributed by atoms with Crippen LogP contribution in [-0.4, -0.2) is 26.3 Å². The van der Waals surface area contributed by atoms with E-state index in [1.54, 1.807) is 18.2 Å². The number of para-hydroxylation sites is 1. The van der Waals surface area contributed by atoms with Crippen molar-refractivity contribution < 1.29 is 13.9 Å². The SMILES string of the molecule is CCCCCCn1c(COc2ccccc2F)nnc1SCC(=O)c1cc(C)c(C)cc1C. The standard InChI is InChI=1S/C26H32FN3O2S/c1-5-6-7-10-13-30-25(16-32-24-12-9-8-11-22(24)27)28-29-26(30)33-17-23(31)21-15-19(3)18(2)14-20(21)4/h8-9,11-12,14-15H,5-7,10,13,16-17H2,1-4H3. The average Bonchev–Trinajstić information content (AvgIpc) is 3.18. The number of thioether (sulfide) groups is 1. The molecule has 0 N–H and O–H groups in total. The molecule has 1 heterocycles. The van der Waals surface area contributed by atoms with Crippen molar-refractivity contribution in [2.24, 2.45) is 0 Å². The first-order valence-corrected chi connectivity index (χ1v) is 12.4. The van der Waals surface area contributed by atoms with Gasteiger partial charge in [0.2, 0.25) is 0 Å². The van der Waals surface area contributed by atoms with Crippen molar-refractivity contribution in [3.05, 3.63) is 70.3 Å². The van der Waals surface area contributed by atoms with E-state index in [9.17, 15) is 9.18 Å². The number of carbonyl (C=O) groups excluding carboxylic acids is 1. The van der Waals surface area contributed by atoms with Gasteiger partial charge in [0.05, 0.1) is 5.75 Å². The van der Waals surface area contributed by atoms with Crippen LogP contribution in [0.5, 0.6) is 5.75 Å². The van der Waals surface area contributed by atoms with Gasteiger partial charge in [-0.25, -0.2) is 4.39 Å². The summed E-state index contributed by atoms with van der Waals surface area (Å²) in [5.41, 5.74) is 4.04. The second-order valence-corrected chi connectivity index (χ2v) is 9.24.